The molecule has 2 aromatic carbocycles. The maximum absolute atomic E-state index is 13.5. The lowest BCUT2D eigenvalue weighted by Crippen LogP contribution is -2.37. The number of aliphatic hydroxyl groups is 1. The maximum Gasteiger partial charge on any atom is 0.253 e. The highest BCUT2D eigenvalue weighted by atomic mass is 19.1. The zero-order chi connectivity index (χ0) is 14.2. The molecule has 1 atom stereocenters. The molecule has 0 aliphatic carbocycles. The van der Waals surface area contributed by atoms with Gasteiger partial charge in [-0.05, 0) is 13.0 Å². The Balaban J connectivity index is 2.10. The third-order valence-electron chi connectivity index (χ3n) is 2.93. The minimum Gasteiger partial charge on any atom is -0.394 e. The summed E-state index contributed by atoms with van der Waals surface area (Å²) < 4.78 is 13.5. The number of anilines is 2. The predicted molar refractivity (Wildman–Crippen MR) is 70.4 cm³/mol. The van der Waals surface area contributed by atoms with Crippen molar-refractivity contribution in [3.63, 3.8) is 0 Å². The molecule has 0 aliphatic rings. The van der Waals surface area contributed by atoms with Crippen LogP contribution in [-0.4, -0.2) is 11.7 Å². The monoisotopic (exact) mass is 264 g/mol. The van der Waals surface area contributed by atoms with Crippen molar-refractivity contribution in [1.29, 1.82) is 0 Å². The van der Waals surface area contributed by atoms with Crippen LogP contribution >= 0.6 is 0 Å². The first-order valence-electron chi connectivity index (χ1n) is 5.68. The van der Waals surface area contributed by atoms with Crippen molar-refractivity contribution in [2.75, 3.05) is 17.6 Å². The number of nitrogens with one attached hydrogen (secondary N) is 1. The summed E-state index contributed by atoms with van der Waals surface area (Å²) >= 11 is 0. The van der Waals surface area contributed by atoms with E-state index < -0.39 is 22.8 Å². The molecule has 2 rings (SSSR count). The molecule has 100 valence electrons. The quantitative estimate of drug-likeness (QED) is 0.698. The molecular formula is C13H13FN2O3. The molecule has 0 spiro atoms. The summed E-state index contributed by atoms with van der Waals surface area (Å²) in [5.74, 6) is -0.530. The average molecular weight is 264 g/mol. The highest BCUT2D eigenvalue weighted by molar-refractivity contribution is 5.71. The van der Waals surface area contributed by atoms with Crippen molar-refractivity contribution < 1.29 is 9.50 Å². The summed E-state index contributed by atoms with van der Waals surface area (Å²) in [7, 11) is 0. The molecule has 0 aromatic heterocycles. The number of halogens is 1. The molecule has 19 heavy (non-hydrogen) atoms. The van der Waals surface area contributed by atoms with Crippen LogP contribution < -0.4 is 21.9 Å². The zero-order valence-corrected chi connectivity index (χ0v) is 10.2. The van der Waals surface area contributed by atoms with Crippen molar-refractivity contribution in [2.45, 2.75) is 13.0 Å². The lowest BCUT2D eigenvalue weighted by molar-refractivity contribution is 0.186. The fourth-order valence-corrected chi connectivity index (χ4v) is 1.81. The van der Waals surface area contributed by atoms with Crippen LogP contribution in [0.15, 0.2) is 27.8 Å². The molecule has 4 N–H and O–H groups in total. The van der Waals surface area contributed by atoms with E-state index in [1.54, 1.807) is 13.0 Å². The lowest BCUT2D eigenvalue weighted by Gasteiger charge is -2.15. The van der Waals surface area contributed by atoms with Gasteiger partial charge < -0.3 is 16.2 Å². The van der Waals surface area contributed by atoms with Gasteiger partial charge in [0, 0.05) is 12.1 Å². The van der Waals surface area contributed by atoms with Crippen LogP contribution in [0.25, 0.3) is 0 Å². The van der Waals surface area contributed by atoms with Crippen LogP contribution in [-0.2, 0) is 0 Å². The molecule has 0 aliphatic heterocycles. The van der Waals surface area contributed by atoms with Crippen LogP contribution in [0.1, 0.15) is 17.2 Å². The van der Waals surface area contributed by atoms with E-state index in [1.165, 1.54) is 12.1 Å². The van der Waals surface area contributed by atoms with Gasteiger partial charge in [0.1, 0.15) is 17.2 Å². The highest BCUT2D eigenvalue weighted by Crippen LogP contribution is 2.19. The van der Waals surface area contributed by atoms with E-state index in [0.717, 1.165) is 5.56 Å². The Bertz CT molecular complexity index is 690. The largest absolute Gasteiger partial charge is 0.394 e. The maximum atomic E-state index is 13.5. The van der Waals surface area contributed by atoms with Gasteiger partial charge in [-0.2, -0.15) is 0 Å². The fraction of sp³-hybridized carbons (Fsp3) is 0.231. The number of benzene rings is 1. The minimum absolute atomic E-state index is 0.0166. The smallest absolute Gasteiger partial charge is 0.253 e. The molecule has 0 bridgehead atoms. The number of nitrogens with two attached hydrogens (primary N) is 1. The number of nitrogen functional groups attached to an aromatic ring is 1. The van der Waals surface area contributed by atoms with Gasteiger partial charge in [0.25, 0.3) is 10.9 Å². The molecule has 0 radical (unpaired) electrons. The van der Waals surface area contributed by atoms with Gasteiger partial charge in [-0.3, -0.25) is 9.59 Å². The molecule has 1 unspecified atom stereocenters. The Morgan fingerprint density at radius 1 is 1.37 bits per heavy atom. The van der Waals surface area contributed by atoms with Crippen LogP contribution in [0, 0.1) is 12.7 Å². The Morgan fingerprint density at radius 2 is 2.05 bits per heavy atom. The van der Waals surface area contributed by atoms with Crippen molar-refractivity contribution in [1.82, 2.24) is 0 Å². The summed E-state index contributed by atoms with van der Waals surface area (Å²) in [4.78, 5) is 22.0. The number of hydrogen-bond donors (Lipinski definition) is 3. The van der Waals surface area contributed by atoms with Gasteiger partial charge in [-0.15, -0.1) is 0 Å². The molecule has 0 fully saturated rings. The van der Waals surface area contributed by atoms with E-state index in [2.05, 4.69) is 5.32 Å². The van der Waals surface area contributed by atoms with Crippen LogP contribution in [0.2, 0.25) is 0 Å². The summed E-state index contributed by atoms with van der Waals surface area (Å²) in [6.07, 6.45) is -1.14. The van der Waals surface area contributed by atoms with Gasteiger partial charge >= 0.3 is 0 Å². The van der Waals surface area contributed by atoms with Gasteiger partial charge in [0.05, 0.1) is 6.10 Å². The van der Waals surface area contributed by atoms with E-state index in [9.17, 15) is 19.1 Å². The Labute approximate surface area is 108 Å². The standard InChI is InChI=1S/C13H13FN2O3/c1-6-2-3-8(14)7(4-6)9(17)5-16-11-10(15)12(18)13(11)19/h2-4,9,16-17H,5,15H2,1H3. The second-order valence-corrected chi connectivity index (χ2v) is 4.37. The molecule has 0 heterocycles. The second-order valence-electron chi connectivity index (χ2n) is 4.37. The van der Waals surface area contributed by atoms with Crippen LogP contribution in [0.4, 0.5) is 15.8 Å². The lowest BCUT2D eigenvalue weighted by atomic mass is 10.1. The Morgan fingerprint density at radius 3 is 2.68 bits per heavy atom. The Kier molecular flexibility index (Phi) is 3.35. The fourth-order valence-electron chi connectivity index (χ4n) is 1.81. The van der Waals surface area contributed by atoms with Gasteiger partial charge in [0.15, 0.2) is 0 Å². The molecule has 2 aromatic rings. The highest BCUT2D eigenvalue weighted by Gasteiger charge is 2.19. The summed E-state index contributed by atoms with van der Waals surface area (Å²) in [6.45, 7) is 1.67. The van der Waals surface area contributed by atoms with Crippen LogP contribution in [0.3, 0.4) is 0 Å². The molecule has 6 heteroatoms. The van der Waals surface area contributed by atoms with Gasteiger partial charge in [0.2, 0.25) is 0 Å². The number of rotatable bonds is 4. The van der Waals surface area contributed by atoms with Gasteiger partial charge in [-0.25, -0.2) is 4.39 Å². The summed E-state index contributed by atoms with van der Waals surface area (Å²) in [5.41, 5.74) is 4.65. The van der Waals surface area contributed by atoms with Crippen molar-refractivity contribution in [3.05, 3.63) is 55.6 Å². The third-order valence-corrected chi connectivity index (χ3v) is 2.93. The van der Waals surface area contributed by atoms with E-state index in [0.29, 0.717) is 0 Å². The molecule has 0 saturated heterocycles. The average Bonchev–Trinajstić information content (AvgIpc) is 2.40. The topological polar surface area (TPSA) is 92.4 Å². The van der Waals surface area contributed by atoms with E-state index in [4.69, 9.17) is 5.73 Å². The third kappa shape index (κ3) is 2.34. The first-order valence-corrected chi connectivity index (χ1v) is 5.68. The Hall–Kier alpha value is -2.21. The summed E-state index contributed by atoms with van der Waals surface area (Å²) in [5, 5.41) is 12.4. The van der Waals surface area contributed by atoms with Crippen molar-refractivity contribution >= 4 is 11.4 Å². The number of aryl methyl sites for hydroxylation is 1. The normalized spacial score (nSPS) is 12.6. The van der Waals surface area contributed by atoms with Crippen molar-refractivity contribution in [2.24, 2.45) is 0 Å². The molecular weight excluding hydrogens is 251 g/mol. The number of hydrogen-bond acceptors (Lipinski definition) is 5. The molecule has 5 nitrogen and oxygen atoms in total. The predicted octanol–water partition coefficient (Wildman–Crippen LogP) is 0.458. The van der Waals surface area contributed by atoms with Crippen LogP contribution in [0.5, 0.6) is 0 Å². The minimum atomic E-state index is -1.14. The first kappa shape index (κ1) is 13.2. The molecule has 0 amide bonds. The van der Waals surface area contributed by atoms with Crippen molar-refractivity contribution in [3.8, 4) is 0 Å². The number of aliphatic hydroxyl groups excluding tert-OH is 1. The first-order chi connectivity index (χ1) is 8.91. The van der Waals surface area contributed by atoms with Gasteiger partial charge in [-0.1, -0.05) is 17.7 Å². The second kappa shape index (κ2) is 4.81. The summed E-state index contributed by atoms with van der Waals surface area (Å²) in [6, 6.07) is 4.38. The zero-order valence-electron chi connectivity index (χ0n) is 10.2. The van der Waals surface area contributed by atoms with E-state index >= 15 is 0 Å². The van der Waals surface area contributed by atoms with E-state index in [1.807, 2.05) is 0 Å². The van der Waals surface area contributed by atoms with E-state index in [-0.39, 0.29) is 23.5 Å². The SMILES string of the molecule is Cc1ccc(F)c(C(O)CNc2c(N)c(=O)c2=O)c1. The molecule has 0 saturated carbocycles.